The molecular weight excluding hydrogens is 243 g/mol. The van der Waals surface area contributed by atoms with Crippen molar-refractivity contribution < 1.29 is 8.81 Å². The molecule has 98 valence electrons. The van der Waals surface area contributed by atoms with Gasteiger partial charge in [0.15, 0.2) is 5.89 Å². The number of aryl methyl sites for hydroxylation is 1. The number of hydrogen-bond donors (Lipinski definition) is 0. The molecule has 1 atom stereocenters. The molecule has 1 aromatic heterocycles. The van der Waals surface area contributed by atoms with Crippen LogP contribution >= 0.6 is 0 Å². The minimum Gasteiger partial charge on any atom is -0.449 e. The van der Waals surface area contributed by atoms with Gasteiger partial charge < -0.3 is 4.42 Å². The van der Waals surface area contributed by atoms with E-state index in [1.54, 1.807) is 12.3 Å². The van der Waals surface area contributed by atoms with Crippen LogP contribution in [-0.4, -0.2) is 4.98 Å². The van der Waals surface area contributed by atoms with Crippen molar-refractivity contribution in [1.29, 1.82) is 5.26 Å². The fourth-order valence-electron chi connectivity index (χ4n) is 2.13. The summed E-state index contributed by atoms with van der Waals surface area (Å²) in [6.07, 6.45) is 4.38. The summed E-state index contributed by atoms with van der Waals surface area (Å²) >= 11 is 0. The van der Waals surface area contributed by atoms with Gasteiger partial charge in [-0.15, -0.1) is 0 Å². The molecule has 0 aliphatic carbocycles. The molecule has 0 saturated heterocycles. The average molecular weight is 258 g/mol. The molecule has 0 spiro atoms. The Morgan fingerprint density at radius 1 is 1.47 bits per heavy atom. The molecule has 2 aromatic rings. The van der Waals surface area contributed by atoms with Crippen LogP contribution in [0.15, 0.2) is 29.0 Å². The van der Waals surface area contributed by atoms with Crippen molar-refractivity contribution in [3.63, 3.8) is 0 Å². The molecule has 0 bridgehead atoms. The van der Waals surface area contributed by atoms with Gasteiger partial charge >= 0.3 is 0 Å². The number of nitrogens with zero attached hydrogens (tertiary/aromatic N) is 2. The molecule has 1 aromatic carbocycles. The molecule has 0 aliphatic heterocycles. The van der Waals surface area contributed by atoms with Gasteiger partial charge in [0.25, 0.3) is 0 Å². The second-order valence-corrected chi connectivity index (χ2v) is 4.56. The van der Waals surface area contributed by atoms with Crippen molar-refractivity contribution in [2.75, 3.05) is 0 Å². The molecule has 19 heavy (non-hydrogen) atoms. The van der Waals surface area contributed by atoms with E-state index in [1.807, 2.05) is 26.0 Å². The van der Waals surface area contributed by atoms with Gasteiger partial charge in [0.1, 0.15) is 18.1 Å². The Bertz CT molecular complexity index is 599. The molecule has 0 radical (unpaired) electrons. The molecule has 0 aliphatic rings. The van der Waals surface area contributed by atoms with Crippen LogP contribution in [0.25, 0.3) is 0 Å². The van der Waals surface area contributed by atoms with E-state index in [1.165, 1.54) is 6.26 Å². The quantitative estimate of drug-likeness (QED) is 0.842. The zero-order valence-electron chi connectivity index (χ0n) is 11.0. The summed E-state index contributed by atoms with van der Waals surface area (Å²) in [6, 6.07) is 5.32. The minimum absolute atomic E-state index is 0.0942. The van der Waals surface area contributed by atoms with Crippen LogP contribution in [0.2, 0.25) is 0 Å². The largest absolute Gasteiger partial charge is 0.449 e. The molecule has 1 unspecified atom stereocenters. The summed E-state index contributed by atoms with van der Waals surface area (Å²) in [5.74, 6) is 0.343. The fourth-order valence-corrected chi connectivity index (χ4v) is 2.13. The Hall–Kier alpha value is -2.15. The number of benzene rings is 1. The predicted octanol–water partition coefficient (Wildman–Crippen LogP) is 3.59. The zero-order chi connectivity index (χ0) is 13.8. The number of rotatable bonds is 4. The Kier molecular flexibility index (Phi) is 3.96. The van der Waals surface area contributed by atoms with Gasteiger partial charge in [0, 0.05) is 5.92 Å². The molecule has 3 nitrogen and oxygen atoms in total. The third kappa shape index (κ3) is 2.82. The highest BCUT2D eigenvalue weighted by molar-refractivity contribution is 5.39. The molecule has 1 heterocycles. The first-order valence-electron chi connectivity index (χ1n) is 6.26. The lowest BCUT2D eigenvalue weighted by atomic mass is 9.96. The third-order valence-corrected chi connectivity index (χ3v) is 3.12. The Balaban J connectivity index is 2.28. The van der Waals surface area contributed by atoms with Crippen LogP contribution in [-0.2, 0) is 12.8 Å². The maximum atomic E-state index is 13.8. The first-order chi connectivity index (χ1) is 9.15. The van der Waals surface area contributed by atoms with E-state index in [9.17, 15) is 4.39 Å². The first kappa shape index (κ1) is 13.3. The molecule has 0 saturated carbocycles. The second kappa shape index (κ2) is 5.66. The van der Waals surface area contributed by atoms with Crippen LogP contribution in [0.4, 0.5) is 4.39 Å². The maximum absolute atomic E-state index is 13.8. The van der Waals surface area contributed by atoms with Gasteiger partial charge in [-0.25, -0.2) is 9.37 Å². The smallest absolute Gasteiger partial charge is 0.197 e. The maximum Gasteiger partial charge on any atom is 0.197 e. The summed E-state index contributed by atoms with van der Waals surface area (Å²) < 4.78 is 19.1. The second-order valence-electron chi connectivity index (χ2n) is 4.56. The molecule has 0 amide bonds. The number of oxazole rings is 1. The van der Waals surface area contributed by atoms with E-state index < -0.39 is 5.82 Å². The molecule has 4 heteroatoms. The van der Waals surface area contributed by atoms with Crippen LogP contribution in [0.1, 0.15) is 42.3 Å². The van der Waals surface area contributed by atoms with E-state index in [-0.39, 0.29) is 11.5 Å². The summed E-state index contributed by atoms with van der Waals surface area (Å²) in [4.78, 5) is 4.11. The van der Waals surface area contributed by atoms with Crippen LogP contribution in [0, 0.1) is 17.1 Å². The Morgan fingerprint density at radius 2 is 2.26 bits per heavy atom. The number of halogens is 1. The summed E-state index contributed by atoms with van der Waals surface area (Å²) in [7, 11) is 0. The van der Waals surface area contributed by atoms with Gasteiger partial charge in [0.2, 0.25) is 0 Å². The summed E-state index contributed by atoms with van der Waals surface area (Å²) in [6.45, 7) is 3.87. The minimum atomic E-state index is -0.405. The van der Waals surface area contributed by atoms with Gasteiger partial charge in [0.05, 0.1) is 11.8 Å². The highest BCUT2D eigenvalue weighted by Crippen LogP contribution is 2.22. The van der Waals surface area contributed by atoms with E-state index in [0.717, 1.165) is 5.56 Å². The van der Waals surface area contributed by atoms with Crippen molar-refractivity contribution in [1.82, 2.24) is 4.98 Å². The lowest BCUT2D eigenvalue weighted by molar-refractivity contribution is 0.456. The lowest BCUT2D eigenvalue weighted by Crippen LogP contribution is -2.02. The van der Waals surface area contributed by atoms with Gasteiger partial charge in [-0.3, -0.25) is 0 Å². The van der Waals surface area contributed by atoms with Crippen molar-refractivity contribution in [2.45, 2.75) is 32.6 Å². The normalized spacial score (nSPS) is 12.1. The number of hydrogen-bond acceptors (Lipinski definition) is 3. The predicted molar refractivity (Wildman–Crippen MR) is 69.1 cm³/mol. The average Bonchev–Trinajstić information content (AvgIpc) is 2.94. The SMILES string of the molecule is CCc1cc(CC(C)c2ncco2)cc(C#N)c1F. The molecule has 0 fully saturated rings. The topological polar surface area (TPSA) is 49.8 Å². The van der Waals surface area contributed by atoms with Gasteiger partial charge in [-0.2, -0.15) is 5.26 Å². The molecule has 2 rings (SSSR count). The standard InChI is InChI=1S/C15H15FN2O/c1-3-12-7-11(8-13(9-17)14(12)16)6-10(2)15-18-4-5-19-15/h4-5,7-8,10H,3,6H2,1-2H3. The van der Waals surface area contributed by atoms with E-state index >= 15 is 0 Å². The summed E-state index contributed by atoms with van der Waals surface area (Å²) in [5, 5.41) is 8.96. The van der Waals surface area contributed by atoms with Crippen LogP contribution in [0.5, 0.6) is 0 Å². The monoisotopic (exact) mass is 258 g/mol. The van der Waals surface area contributed by atoms with Crippen molar-refractivity contribution in [3.05, 3.63) is 53.0 Å². The Labute approximate surface area is 111 Å². The van der Waals surface area contributed by atoms with E-state index in [4.69, 9.17) is 9.68 Å². The van der Waals surface area contributed by atoms with Gasteiger partial charge in [-0.1, -0.05) is 19.9 Å². The van der Waals surface area contributed by atoms with E-state index in [2.05, 4.69) is 4.98 Å². The van der Waals surface area contributed by atoms with Gasteiger partial charge in [-0.05, 0) is 30.0 Å². The van der Waals surface area contributed by atoms with Crippen LogP contribution < -0.4 is 0 Å². The molecular formula is C15H15FN2O. The lowest BCUT2D eigenvalue weighted by Gasteiger charge is -2.10. The zero-order valence-corrected chi connectivity index (χ0v) is 11.0. The molecule has 0 N–H and O–H groups in total. The third-order valence-electron chi connectivity index (χ3n) is 3.12. The first-order valence-corrected chi connectivity index (χ1v) is 6.26. The van der Waals surface area contributed by atoms with E-state index in [0.29, 0.717) is 24.3 Å². The van der Waals surface area contributed by atoms with Crippen molar-refractivity contribution in [3.8, 4) is 6.07 Å². The van der Waals surface area contributed by atoms with Crippen molar-refractivity contribution in [2.24, 2.45) is 0 Å². The fraction of sp³-hybridized carbons (Fsp3) is 0.333. The highest BCUT2D eigenvalue weighted by Gasteiger charge is 2.14. The number of nitriles is 1. The summed E-state index contributed by atoms with van der Waals surface area (Å²) in [5.41, 5.74) is 1.61. The Morgan fingerprint density at radius 3 is 2.84 bits per heavy atom. The highest BCUT2D eigenvalue weighted by atomic mass is 19.1. The van der Waals surface area contributed by atoms with Crippen LogP contribution in [0.3, 0.4) is 0 Å². The number of aromatic nitrogens is 1. The van der Waals surface area contributed by atoms with Crippen molar-refractivity contribution >= 4 is 0 Å².